The predicted molar refractivity (Wildman–Crippen MR) is 97.2 cm³/mol. The summed E-state index contributed by atoms with van der Waals surface area (Å²) >= 11 is 0. The van der Waals surface area contributed by atoms with E-state index in [1.54, 1.807) is 0 Å². The maximum atomic E-state index is 13.7. The second kappa shape index (κ2) is 10.9. The summed E-state index contributed by atoms with van der Waals surface area (Å²) in [6, 6.07) is 5.53. The van der Waals surface area contributed by atoms with Crippen LogP contribution in [-0.4, -0.2) is 55.5 Å². The quantitative estimate of drug-likeness (QED) is 0.144. The molecule has 1 aromatic rings. The standard InChI is InChI=1S/C20H19F13O3/c1-35-14(34)12-6-8-13(9-7-12)36-11-5-3-2-4-10-15(21,22)16(23,24)17(25,26)18(27,28)19(29,30)20(31,32)33/h6-9H,2-5,10-11H2,1H3. The fourth-order valence-corrected chi connectivity index (χ4v) is 2.76. The van der Waals surface area contributed by atoms with Gasteiger partial charge >= 0.3 is 41.8 Å². The van der Waals surface area contributed by atoms with Gasteiger partial charge in [0.25, 0.3) is 0 Å². The van der Waals surface area contributed by atoms with E-state index < -0.39 is 54.6 Å². The molecule has 1 aromatic carbocycles. The molecule has 16 heteroatoms. The second-order valence-electron chi connectivity index (χ2n) is 7.53. The molecule has 0 aliphatic rings. The molecule has 208 valence electrons. The Morgan fingerprint density at radius 2 is 1.14 bits per heavy atom. The van der Waals surface area contributed by atoms with Crippen molar-refractivity contribution in [1.82, 2.24) is 0 Å². The molecule has 36 heavy (non-hydrogen) atoms. The SMILES string of the molecule is COC(=O)c1ccc(OCCCCCCC(F)(F)C(F)(F)C(F)(F)C(F)(F)C(F)(F)C(F)(F)F)cc1. The van der Waals surface area contributed by atoms with Gasteiger partial charge in [-0.05, 0) is 37.1 Å². The highest BCUT2D eigenvalue weighted by Crippen LogP contribution is 2.60. The van der Waals surface area contributed by atoms with Crippen LogP contribution in [0.3, 0.4) is 0 Å². The van der Waals surface area contributed by atoms with Gasteiger partial charge in [-0.1, -0.05) is 12.8 Å². The minimum absolute atomic E-state index is 0.0133. The Hall–Kier alpha value is -2.42. The summed E-state index contributed by atoms with van der Waals surface area (Å²) < 4.78 is 179. The van der Waals surface area contributed by atoms with Gasteiger partial charge < -0.3 is 9.47 Å². The van der Waals surface area contributed by atoms with Gasteiger partial charge in [-0.25, -0.2) is 4.79 Å². The van der Waals surface area contributed by atoms with E-state index >= 15 is 0 Å². The third-order valence-corrected chi connectivity index (χ3v) is 4.93. The molecular formula is C20H19F13O3. The van der Waals surface area contributed by atoms with Crippen LogP contribution in [0.5, 0.6) is 5.75 Å². The zero-order valence-electron chi connectivity index (χ0n) is 18.2. The second-order valence-corrected chi connectivity index (χ2v) is 7.53. The smallest absolute Gasteiger partial charge is 0.460 e. The zero-order valence-corrected chi connectivity index (χ0v) is 18.2. The summed E-state index contributed by atoms with van der Waals surface area (Å²) in [4.78, 5) is 11.3. The van der Waals surface area contributed by atoms with E-state index in [1.807, 2.05) is 0 Å². The summed E-state index contributed by atoms with van der Waals surface area (Å²) in [6.07, 6.45) is -10.8. The Bertz CT molecular complexity index is 865. The number of hydrogen-bond acceptors (Lipinski definition) is 3. The van der Waals surface area contributed by atoms with Crippen molar-refractivity contribution in [2.24, 2.45) is 0 Å². The number of hydrogen-bond donors (Lipinski definition) is 0. The lowest BCUT2D eigenvalue weighted by atomic mass is 9.91. The average Bonchev–Trinajstić information content (AvgIpc) is 2.76. The van der Waals surface area contributed by atoms with Gasteiger partial charge in [-0.3, -0.25) is 0 Å². The fraction of sp³-hybridized carbons (Fsp3) is 0.650. The van der Waals surface area contributed by atoms with Crippen LogP contribution in [0, 0.1) is 0 Å². The molecule has 0 saturated heterocycles. The van der Waals surface area contributed by atoms with Gasteiger partial charge in [0.1, 0.15) is 5.75 Å². The van der Waals surface area contributed by atoms with Crippen molar-refractivity contribution in [3.05, 3.63) is 29.8 Å². The third kappa shape index (κ3) is 6.10. The van der Waals surface area contributed by atoms with E-state index in [0.29, 0.717) is 0 Å². The molecule has 0 aliphatic carbocycles. The number of esters is 1. The van der Waals surface area contributed by atoms with Crippen molar-refractivity contribution >= 4 is 5.97 Å². The van der Waals surface area contributed by atoms with Crippen molar-refractivity contribution in [1.29, 1.82) is 0 Å². The summed E-state index contributed by atoms with van der Waals surface area (Å²) in [5.41, 5.74) is 0.216. The third-order valence-electron chi connectivity index (χ3n) is 4.93. The average molecular weight is 554 g/mol. The number of halogens is 13. The van der Waals surface area contributed by atoms with Gasteiger partial charge in [0, 0.05) is 6.42 Å². The monoisotopic (exact) mass is 554 g/mol. The minimum Gasteiger partial charge on any atom is -0.494 e. The van der Waals surface area contributed by atoms with Crippen molar-refractivity contribution in [3.63, 3.8) is 0 Å². The number of benzene rings is 1. The number of ether oxygens (including phenoxy) is 2. The molecule has 0 fully saturated rings. The lowest BCUT2D eigenvalue weighted by Crippen LogP contribution is -2.70. The zero-order chi connectivity index (χ0) is 28.2. The fourth-order valence-electron chi connectivity index (χ4n) is 2.76. The van der Waals surface area contributed by atoms with Gasteiger partial charge in [-0.2, -0.15) is 57.1 Å². The van der Waals surface area contributed by atoms with Crippen LogP contribution in [-0.2, 0) is 4.74 Å². The van der Waals surface area contributed by atoms with Gasteiger partial charge in [0.15, 0.2) is 0 Å². The van der Waals surface area contributed by atoms with Gasteiger partial charge in [-0.15, -0.1) is 0 Å². The molecule has 3 nitrogen and oxygen atoms in total. The Morgan fingerprint density at radius 3 is 1.61 bits per heavy atom. The van der Waals surface area contributed by atoms with Gasteiger partial charge in [0.05, 0.1) is 19.3 Å². The van der Waals surface area contributed by atoms with E-state index in [0.717, 1.165) is 7.11 Å². The van der Waals surface area contributed by atoms with Crippen molar-refractivity contribution in [2.75, 3.05) is 13.7 Å². The van der Waals surface area contributed by atoms with Crippen LogP contribution >= 0.6 is 0 Å². The molecule has 0 aromatic heterocycles. The topological polar surface area (TPSA) is 35.5 Å². The predicted octanol–water partition coefficient (Wildman–Crippen LogP) is 7.54. The largest absolute Gasteiger partial charge is 0.494 e. The maximum absolute atomic E-state index is 13.7. The Morgan fingerprint density at radius 1 is 0.667 bits per heavy atom. The number of methoxy groups -OCH3 is 1. The summed E-state index contributed by atoms with van der Waals surface area (Å²) in [6.45, 7) is -0.0407. The molecule has 0 amide bonds. The summed E-state index contributed by atoms with van der Waals surface area (Å²) in [7, 11) is 1.16. The maximum Gasteiger partial charge on any atom is 0.460 e. The normalized spacial score (nSPS) is 14.1. The van der Waals surface area contributed by atoms with Crippen molar-refractivity contribution in [3.8, 4) is 5.75 Å². The first-order valence-corrected chi connectivity index (χ1v) is 9.94. The first kappa shape index (κ1) is 31.6. The molecule has 0 spiro atoms. The molecule has 0 heterocycles. The molecule has 0 bridgehead atoms. The highest BCUT2D eigenvalue weighted by atomic mass is 19.4. The molecular weight excluding hydrogens is 535 g/mol. The highest BCUT2D eigenvalue weighted by molar-refractivity contribution is 5.89. The first-order chi connectivity index (χ1) is 16.2. The van der Waals surface area contributed by atoms with Gasteiger partial charge in [0.2, 0.25) is 0 Å². The minimum atomic E-state index is -7.88. The molecule has 1 rings (SSSR count). The van der Waals surface area contributed by atoms with Crippen molar-refractivity contribution < 1.29 is 71.3 Å². The molecule has 0 saturated carbocycles. The Kier molecular flexibility index (Phi) is 9.58. The van der Waals surface area contributed by atoms with Crippen LogP contribution in [0.1, 0.15) is 42.5 Å². The Labute approximate surface area is 195 Å². The molecule has 0 unspecified atom stereocenters. The van der Waals surface area contributed by atoms with Crippen LogP contribution in [0.4, 0.5) is 57.1 Å². The molecule has 0 N–H and O–H groups in total. The van der Waals surface area contributed by atoms with E-state index in [-0.39, 0.29) is 37.2 Å². The molecule has 0 atom stereocenters. The number of alkyl halides is 13. The lowest BCUT2D eigenvalue weighted by Gasteiger charge is -2.39. The van der Waals surface area contributed by atoms with Crippen LogP contribution < -0.4 is 4.74 Å². The highest BCUT2D eigenvalue weighted by Gasteiger charge is 2.90. The number of carbonyl (C=O) groups excluding carboxylic acids is 1. The Balaban J connectivity index is 2.64. The van der Waals surface area contributed by atoms with Crippen LogP contribution in [0.25, 0.3) is 0 Å². The number of rotatable bonds is 13. The van der Waals surface area contributed by atoms with E-state index in [1.165, 1.54) is 24.3 Å². The molecule has 0 aliphatic heterocycles. The van der Waals surface area contributed by atoms with E-state index in [9.17, 15) is 61.9 Å². The number of carbonyl (C=O) groups is 1. The summed E-state index contributed by atoms with van der Waals surface area (Å²) in [5, 5.41) is 0. The molecule has 0 radical (unpaired) electrons. The lowest BCUT2D eigenvalue weighted by molar-refractivity contribution is -0.440. The van der Waals surface area contributed by atoms with E-state index in [4.69, 9.17) is 4.74 Å². The van der Waals surface area contributed by atoms with Crippen molar-refractivity contribution in [2.45, 2.75) is 67.9 Å². The van der Waals surface area contributed by atoms with Crippen LogP contribution in [0.15, 0.2) is 24.3 Å². The number of unbranched alkanes of at least 4 members (excludes halogenated alkanes) is 3. The first-order valence-electron chi connectivity index (χ1n) is 9.94. The van der Waals surface area contributed by atoms with E-state index in [2.05, 4.69) is 4.74 Å². The summed E-state index contributed by atoms with van der Waals surface area (Å²) in [5.74, 6) is -37.0. The van der Waals surface area contributed by atoms with Crippen LogP contribution in [0.2, 0.25) is 0 Å².